The van der Waals surface area contributed by atoms with Gasteiger partial charge < -0.3 is 5.32 Å². The van der Waals surface area contributed by atoms with Gasteiger partial charge in [0.05, 0.1) is 0 Å². The van der Waals surface area contributed by atoms with Crippen LogP contribution in [-0.2, 0) is 0 Å². The normalized spacial score (nSPS) is 10.6. The predicted octanol–water partition coefficient (Wildman–Crippen LogP) is 3.87. The fourth-order valence-electron chi connectivity index (χ4n) is 1.29. The molecule has 0 radical (unpaired) electrons. The Morgan fingerprint density at radius 3 is 2.64 bits per heavy atom. The fourth-order valence-corrected chi connectivity index (χ4v) is 1.86. The van der Waals surface area contributed by atoms with Gasteiger partial charge in [0.25, 0.3) is 0 Å². The fraction of sp³-hybridized carbons (Fsp3) is 0.500. The summed E-state index contributed by atoms with van der Waals surface area (Å²) in [6.07, 6.45) is 3.34. The third-order valence-corrected chi connectivity index (χ3v) is 2.94. The topological polar surface area (TPSA) is 12.0 Å². The van der Waals surface area contributed by atoms with Crippen molar-refractivity contribution in [3.8, 4) is 0 Å². The van der Waals surface area contributed by atoms with E-state index in [9.17, 15) is 0 Å². The first kappa shape index (κ1) is 11.4. The van der Waals surface area contributed by atoms with Gasteiger partial charge in [-0.1, -0.05) is 26.0 Å². The van der Waals surface area contributed by atoms with Crippen LogP contribution < -0.4 is 5.32 Å². The van der Waals surface area contributed by atoms with E-state index in [1.807, 2.05) is 0 Å². The van der Waals surface area contributed by atoms with Crippen molar-refractivity contribution in [2.45, 2.75) is 25.2 Å². The van der Waals surface area contributed by atoms with Crippen LogP contribution in [0.2, 0.25) is 0 Å². The highest BCUT2D eigenvalue weighted by molar-refractivity contribution is 7.98. The maximum absolute atomic E-state index is 3.47. The van der Waals surface area contributed by atoms with Gasteiger partial charge in [0.15, 0.2) is 0 Å². The summed E-state index contributed by atoms with van der Waals surface area (Å²) in [6, 6.07) is 8.46. The molecule has 0 aliphatic heterocycles. The molecule has 0 aromatic heterocycles. The van der Waals surface area contributed by atoms with Gasteiger partial charge in [0.1, 0.15) is 0 Å². The van der Waals surface area contributed by atoms with Gasteiger partial charge >= 0.3 is 0 Å². The number of rotatable bonds is 5. The van der Waals surface area contributed by atoms with Crippen LogP contribution >= 0.6 is 11.8 Å². The van der Waals surface area contributed by atoms with Crippen LogP contribution in [-0.4, -0.2) is 12.8 Å². The summed E-state index contributed by atoms with van der Waals surface area (Å²) in [5.74, 6) is 0.768. The van der Waals surface area contributed by atoms with Crippen molar-refractivity contribution in [3.05, 3.63) is 24.3 Å². The number of hydrogen-bond donors (Lipinski definition) is 1. The van der Waals surface area contributed by atoms with Crippen LogP contribution in [0.1, 0.15) is 20.3 Å². The Hall–Kier alpha value is -0.630. The van der Waals surface area contributed by atoms with Gasteiger partial charge in [0.2, 0.25) is 0 Å². The maximum Gasteiger partial charge on any atom is 0.0478 e. The summed E-state index contributed by atoms with van der Waals surface area (Å²) in [7, 11) is 0. The average Bonchev–Trinajstić information content (AvgIpc) is 2.18. The largest absolute Gasteiger partial charge is 0.384 e. The van der Waals surface area contributed by atoms with Crippen molar-refractivity contribution in [2.75, 3.05) is 18.1 Å². The Kier molecular flexibility index (Phi) is 4.88. The molecule has 0 amide bonds. The number of para-hydroxylation sites is 1. The first-order valence-corrected chi connectivity index (χ1v) is 6.33. The molecular weight excluding hydrogens is 190 g/mol. The molecule has 0 unspecified atom stereocenters. The highest BCUT2D eigenvalue weighted by Gasteiger charge is 1.99. The summed E-state index contributed by atoms with van der Waals surface area (Å²) >= 11 is 1.79. The minimum Gasteiger partial charge on any atom is -0.384 e. The lowest BCUT2D eigenvalue weighted by atomic mass is 10.1. The van der Waals surface area contributed by atoms with Crippen molar-refractivity contribution in [1.29, 1.82) is 0 Å². The molecule has 0 aliphatic carbocycles. The van der Waals surface area contributed by atoms with Gasteiger partial charge in [-0.15, -0.1) is 11.8 Å². The van der Waals surface area contributed by atoms with E-state index in [0.717, 1.165) is 12.5 Å². The summed E-state index contributed by atoms with van der Waals surface area (Å²) < 4.78 is 0. The van der Waals surface area contributed by atoms with E-state index in [2.05, 4.69) is 49.7 Å². The van der Waals surface area contributed by atoms with E-state index >= 15 is 0 Å². The van der Waals surface area contributed by atoms with Crippen LogP contribution in [0.25, 0.3) is 0 Å². The molecule has 0 spiro atoms. The zero-order valence-electron chi connectivity index (χ0n) is 9.21. The molecule has 0 saturated heterocycles. The number of hydrogen-bond acceptors (Lipinski definition) is 2. The first-order valence-electron chi connectivity index (χ1n) is 5.11. The van der Waals surface area contributed by atoms with E-state index in [1.165, 1.54) is 17.0 Å². The van der Waals surface area contributed by atoms with Gasteiger partial charge in [-0.2, -0.15) is 0 Å². The molecule has 0 heterocycles. The van der Waals surface area contributed by atoms with Crippen LogP contribution in [0.4, 0.5) is 5.69 Å². The zero-order chi connectivity index (χ0) is 10.4. The SMILES string of the molecule is CSc1ccccc1NCCC(C)C. The summed E-state index contributed by atoms with van der Waals surface area (Å²) in [4.78, 5) is 1.33. The van der Waals surface area contributed by atoms with Gasteiger partial charge in [-0.05, 0) is 30.7 Å². The van der Waals surface area contributed by atoms with Crippen LogP contribution in [0.3, 0.4) is 0 Å². The summed E-state index contributed by atoms with van der Waals surface area (Å²) in [6.45, 7) is 5.57. The lowest BCUT2D eigenvalue weighted by Crippen LogP contribution is -2.05. The Bertz CT molecular complexity index is 271. The highest BCUT2D eigenvalue weighted by atomic mass is 32.2. The summed E-state index contributed by atoms with van der Waals surface area (Å²) in [5, 5.41) is 3.47. The van der Waals surface area contributed by atoms with Gasteiger partial charge in [-0.3, -0.25) is 0 Å². The molecule has 0 fully saturated rings. The maximum atomic E-state index is 3.47. The molecule has 0 saturated carbocycles. The summed E-state index contributed by atoms with van der Waals surface area (Å²) in [5.41, 5.74) is 1.26. The molecule has 0 atom stereocenters. The molecule has 2 heteroatoms. The minimum absolute atomic E-state index is 0.768. The first-order chi connectivity index (χ1) is 6.74. The molecule has 1 nitrogen and oxygen atoms in total. The number of nitrogens with one attached hydrogen (secondary N) is 1. The third kappa shape index (κ3) is 3.62. The number of thioether (sulfide) groups is 1. The smallest absolute Gasteiger partial charge is 0.0478 e. The van der Waals surface area contributed by atoms with Gasteiger partial charge in [-0.25, -0.2) is 0 Å². The Labute approximate surface area is 91.3 Å². The lowest BCUT2D eigenvalue weighted by Gasteiger charge is -2.11. The molecule has 14 heavy (non-hydrogen) atoms. The highest BCUT2D eigenvalue weighted by Crippen LogP contribution is 2.24. The van der Waals surface area contributed by atoms with Crippen molar-refractivity contribution < 1.29 is 0 Å². The van der Waals surface area contributed by atoms with Crippen LogP contribution in [0, 0.1) is 5.92 Å². The van der Waals surface area contributed by atoms with Crippen molar-refractivity contribution in [1.82, 2.24) is 0 Å². The second-order valence-corrected chi connectivity index (χ2v) is 4.66. The Balaban J connectivity index is 2.49. The second kappa shape index (κ2) is 5.97. The monoisotopic (exact) mass is 209 g/mol. The van der Waals surface area contributed by atoms with Crippen molar-refractivity contribution in [3.63, 3.8) is 0 Å². The van der Waals surface area contributed by atoms with Crippen LogP contribution in [0.5, 0.6) is 0 Å². The van der Waals surface area contributed by atoms with E-state index in [4.69, 9.17) is 0 Å². The molecule has 78 valence electrons. The number of benzene rings is 1. The lowest BCUT2D eigenvalue weighted by molar-refractivity contribution is 0.607. The molecule has 1 aromatic rings. The van der Waals surface area contributed by atoms with Gasteiger partial charge in [0, 0.05) is 17.1 Å². The average molecular weight is 209 g/mol. The van der Waals surface area contributed by atoms with E-state index in [0.29, 0.717) is 0 Å². The van der Waals surface area contributed by atoms with Crippen molar-refractivity contribution >= 4 is 17.4 Å². The quantitative estimate of drug-likeness (QED) is 0.739. The molecule has 1 aromatic carbocycles. The predicted molar refractivity (Wildman–Crippen MR) is 66.2 cm³/mol. The van der Waals surface area contributed by atoms with E-state index in [1.54, 1.807) is 11.8 Å². The molecule has 0 aliphatic rings. The van der Waals surface area contributed by atoms with Crippen molar-refractivity contribution in [2.24, 2.45) is 5.92 Å². The Morgan fingerprint density at radius 1 is 1.29 bits per heavy atom. The third-order valence-electron chi connectivity index (χ3n) is 2.14. The van der Waals surface area contributed by atoms with Crippen LogP contribution in [0.15, 0.2) is 29.2 Å². The number of anilines is 1. The minimum atomic E-state index is 0.768. The van der Waals surface area contributed by atoms with E-state index in [-0.39, 0.29) is 0 Å². The molecule has 1 rings (SSSR count). The molecule has 0 bridgehead atoms. The Morgan fingerprint density at radius 2 is 2.00 bits per heavy atom. The van der Waals surface area contributed by atoms with E-state index < -0.39 is 0 Å². The second-order valence-electron chi connectivity index (χ2n) is 3.81. The zero-order valence-corrected chi connectivity index (χ0v) is 10.0. The molecular formula is C12H19NS. The standard InChI is InChI=1S/C12H19NS/c1-10(2)8-9-13-11-6-4-5-7-12(11)14-3/h4-7,10,13H,8-9H2,1-3H3. The molecule has 1 N–H and O–H groups in total.